The number of carbonyl (C=O) groups is 2. The monoisotopic (exact) mass is 456 g/mol. The predicted molar refractivity (Wildman–Crippen MR) is 121 cm³/mol. The van der Waals surface area contributed by atoms with E-state index in [1.807, 2.05) is 0 Å². The summed E-state index contributed by atoms with van der Waals surface area (Å²) in [5, 5.41) is 8.51. The van der Waals surface area contributed by atoms with Crippen molar-refractivity contribution in [1.82, 2.24) is 15.4 Å². The Morgan fingerprint density at radius 3 is 2.12 bits per heavy atom. The fraction of sp³-hybridized carbons (Fsp3) is 0.227. The summed E-state index contributed by atoms with van der Waals surface area (Å²) in [4.78, 5) is 32.1. The summed E-state index contributed by atoms with van der Waals surface area (Å²) in [6, 6.07) is 11.9. The third kappa shape index (κ3) is 6.25. The lowest BCUT2D eigenvalue weighted by atomic mass is 10.2. The third-order valence-electron chi connectivity index (χ3n) is 4.93. The molecule has 32 heavy (non-hydrogen) atoms. The Hall–Kier alpha value is -3.50. The molecule has 9 nitrogen and oxygen atoms in total. The third-order valence-corrected chi connectivity index (χ3v) is 6.05. The molecule has 2 amide bonds. The van der Waals surface area contributed by atoms with Gasteiger partial charge in [-0.25, -0.2) is 18.9 Å². The van der Waals surface area contributed by atoms with Gasteiger partial charge in [0.1, 0.15) is 0 Å². The Morgan fingerprint density at radius 2 is 1.56 bits per heavy atom. The fourth-order valence-electron chi connectivity index (χ4n) is 3.20. The quantitative estimate of drug-likeness (QED) is 0.383. The van der Waals surface area contributed by atoms with Gasteiger partial charge < -0.3 is 9.80 Å². The van der Waals surface area contributed by atoms with Crippen LogP contribution in [0.15, 0.2) is 59.5 Å². The highest BCUT2D eigenvalue weighted by atomic mass is 32.2. The molecule has 1 aliphatic heterocycles. The number of hydrogen-bond acceptors (Lipinski definition) is 7. The number of anilines is 1. The molecule has 1 aromatic heterocycles. The molecule has 1 saturated heterocycles. The van der Waals surface area contributed by atoms with Gasteiger partial charge in [0, 0.05) is 50.3 Å². The van der Waals surface area contributed by atoms with E-state index in [-0.39, 0.29) is 10.8 Å². The van der Waals surface area contributed by atoms with Crippen LogP contribution in [-0.2, 0) is 19.4 Å². The molecule has 0 aliphatic carbocycles. The second kappa shape index (κ2) is 10.2. The van der Waals surface area contributed by atoms with Crippen molar-refractivity contribution in [2.75, 3.05) is 37.3 Å². The molecule has 168 valence electrons. The Kier molecular flexibility index (Phi) is 7.39. The van der Waals surface area contributed by atoms with Crippen LogP contribution in [0.2, 0.25) is 0 Å². The number of piperazine rings is 1. The smallest absolute Gasteiger partial charge is 0.267 e. The zero-order valence-corrected chi connectivity index (χ0v) is 18.3. The summed E-state index contributed by atoms with van der Waals surface area (Å²) in [6.07, 6.45) is 6.86. The molecule has 1 fully saturated rings. The van der Waals surface area contributed by atoms with Gasteiger partial charge in [-0.1, -0.05) is 6.07 Å². The van der Waals surface area contributed by atoms with Crippen LogP contribution >= 0.6 is 0 Å². The Bertz CT molecular complexity index is 1140. The molecule has 1 aromatic carbocycles. The van der Waals surface area contributed by atoms with E-state index >= 15 is 0 Å². The summed E-state index contributed by atoms with van der Waals surface area (Å²) < 4.78 is 23.2. The molecule has 3 rings (SSSR count). The minimum atomic E-state index is -3.23. The number of carbonyl (C=O) groups excluding carboxylic acids is 2. The number of nitrogens with zero attached hydrogens (tertiary/aromatic N) is 3. The normalized spacial score (nSPS) is 14.8. The number of nitrogens with one attached hydrogen (secondary N) is 1. The van der Waals surface area contributed by atoms with Crippen molar-refractivity contribution in [3.05, 3.63) is 66.0 Å². The van der Waals surface area contributed by atoms with Gasteiger partial charge in [0.25, 0.3) is 5.91 Å². The van der Waals surface area contributed by atoms with Crippen LogP contribution in [0.25, 0.3) is 12.2 Å². The first kappa shape index (κ1) is 23.2. The van der Waals surface area contributed by atoms with Gasteiger partial charge in [0.15, 0.2) is 9.84 Å². The molecule has 10 heteroatoms. The van der Waals surface area contributed by atoms with Gasteiger partial charge >= 0.3 is 0 Å². The molecular formula is C22H24N4O5S. The molecule has 0 bridgehead atoms. The molecule has 0 atom stereocenters. The molecule has 2 heterocycles. The van der Waals surface area contributed by atoms with Gasteiger partial charge in [-0.2, -0.15) is 0 Å². The van der Waals surface area contributed by atoms with Gasteiger partial charge in [0.2, 0.25) is 5.91 Å². The van der Waals surface area contributed by atoms with Crippen LogP contribution < -0.4 is 10.4 Å². The number of hydroxylamine groups is 1. The van der Waals surface area contributed by atoms with E-state index in [1.54, 1.807) is 53.4 Å². The zero-order chi connectivity index (χ0) is 23.1. The van der Waals surface area contributed by atoms with Crippen molar-refractivity contribution in [3.63, 3.8) is 0 Å². The first-order valence-corrected chi connectivity index (χ1v) is 11.8. The van der Waals surface area contributed by atoms with E-state index < -0.39 is 15.7 Å². The molecule has 0 radical (unpaired) electrons. The van der Waals surface area contributed by atoms with Gasteiger partial charge in [-0.3, -0.25) is 14.8 Å². The topological polar surface area (TPSA) is 120 Å². The zero-order valence-electron chi connectivity index (χ0n) is 17.5. The van der Waals surface area contributed by atoms with Crippen LogP contribution in [0.1, 0.15) is 11.4 Å². The van der Waals surface area contributed by atoms with E-state index in [2.05, 4.69) is 9.88 Å². The second-order valence-electron chi connectivity index (χ2n) is 7.21. The lowest BCUT2D eigenvalue weighted by Crippen LogP contribution is -2.48. The van der Waals surface area contributed by atoms with E-state index in [9.17, 15) is 18.0 Å². The number of hydrogen-bond donors (Lipinski definition) is 2. The maximum absolute atomic E-state index is 12.5. The van der Waals surface area contributed by atoms with Crippen molar-refractivity contribution < 1.29 is 23.2 Å². The average molecular weight is 457 g/mol. The number of aromatic nitrogens is 1. The molecule has 0 saturated carbocycles. The Balaban J connectivity index is 1.56. The molecule has 0 spiro atoms. The minimum absolute atomic E-state index is 0.125. The highest BCUT2D eigenvalue weighted by Crippen LogP contribution is 2.19. The second-order valence-corrected chi connectivity index (χ2v) is 9.22. The number of sulfone groups is 1. The summed E-state index contributed by atoms with van der Waals surface area (Å²) >= 11 is 0. The number of amides is 2. The van der Waals surface area contributed by atoms with Crippen molar-refractivity contribution >= 4 is 39.5 Å². The Labute approximate surface area is 186 Å². The fourth-order valence-corrected chi connectivity index (χ4v) is 3.83. The van der Waals surface area contributed by atoms with Crippen molar-refractivity contribution in [1.29, 1.82) is 0 Å². The Morgan fingerprint density at radius 1 is 0.969 bits per heavy atom. The maximum atomic E-state index is 12.5. The summed E-state index contributed by atoms with van der Waals surface area (Å²) in [5.41, 5.74) is 3.50. The standard InChI is InChI=1S/C22H24N4O5S/c1-32(30,31)20-9-7-19(8-10-20)25-13-15-26(16-14-25)22(28)12-6-18-4-2-3-17(23-18)5-11-21(27)24-29/h2-12,29H,13-16H2,1H3,(H,24,27). The van der Waals surface area contributed by atoms with Crippen molar-refractivity contribution in [3.8, 4) is 0 Å². The molecule has 2 aromatic rings. The number of rotatable bonds is 6. The van der Waals surface area contributed by atoms with E-state index in [0.29, 0.717) is 37.6 Å². The van der Waals surface area contributed by atoms with E-state index in [1.165, 1.54) is 23.9 Å². The maximum Gasteiger partial charge on any atom is 0.267 e. The lowest BCUT2D eigenvalue weighted by molar-refractivity contribution is -0.126. The SMILES string of the molecule is CS(=O)(=O)c1ccc(N2CCN(C(=O)C=Cc3cccc(C=CC(=O)NO)n3)CC2)cc1. The van der Waals surface area contributed by atoms with Crippen LogP contribution in [0, 0.1) is 0 Å². The first-order chi connectivity index (χ1) is 15.3. The highest BCUT2D eigenvalue weighted by molar-refractivity contribution is 7.90. The molecule has 2 N–H and O–H groups in total. The highest BCUT2D eigenvalue weighted by Gasteiger charge is 2.20. The van der Waals surface area contributed by atoms with Gasteiger partial charge in [-0.15, -0.1) is 0 Å². The van der Waals surface area contributed by atoms with Gasteiger partial charge in [0.05, 0.1) is 16.3 Å². The van der Waals surface area contributed by atoms with Gasteiger partial charge in [-0.05, 0) is 48.6 Å². The van der Waals surface area contributed by atoms with Crippen molar-refractivity contribution in [2.24, 2.45) is 0 Å². The van der Waals surface area contributed by atoms with Crippen LogP contribution in [0.4, 0.5) is 5.69 Å². The van der Waals surface area contributed by atoms with E-state index in [0.717, 1.165) is 11.8 Å². The number of benzene rings is 1. The molecule has 1 aliphatic rings. The largest absolute Gasteiger partial charge is 0.368 e. The summed E-state index contributed by atoms with van der Waals surface area (Å²) in [6.45, 7) is 2.37. The first-order valence-electron chi connectivity index (χ1n) is 9.87. The summed E-state index contributed by atoms with van der Waals surface area (Å²) in [5.74, 6) is -0.784. The average Bonchev–Trinajstić information content (AvgIpc) is 2.81. The molecule has 0 unspecified atom stereocenters. The van der Waals surface area contributed by atoms with Crippen molar-refractivity contribution in [2.45, 2.75) is 4.90 Å². The minimum Gasteiger partial charge on any atom is -0.368 e. The summed E-state index contributed by atoms with van der Waals surface area (Å²) in [7, 11) is -3.23. The van der Waals surface area contributed by atoms with Crippen LogP contribution in [0.5, 0.6) is 0 Å². The van der Waals surface area contributed by atoms with Crippen LogP contribution in [-0.4, -0.2) is 67.8 Å². The van der Waals surface area contributed by atoms with E-state index in [4.69, 9.17) is 5.21 Å². The van der Waals surface area contributed by atoms with Crippen LogP contribution in [0.3, 0.4) is 0 Å². The lowest BCUT2D eigenvalue weighted by Gasteiger charge is -2.35. The number of pyridine rings is 1. The predicted octanol–water partition coefficient (Wildman–Crippen LogP) is 1.37. The molecular weight excluding hydrogens is 432 g/mol.